The molecule has 0 fully saturated rings. The highest BCUT2D eigenvalue weighted by Gasteiger charge is 2.09. The van der Waals surface area contributed by atoms with Gasteiger partial charge in [0.25, 0.3) is 5.56 Å². The zero-order chi connectivity index (χ0) is 11.3. The molecule has 0 aliphatic heterocycles. The molecule has 15 heavy (non-hydrogen) atoms. The molecule has 5 heteroatoms. The first kappa shape index (κ1) is 12.2. The monoisotopic (exact) mass is 230 g/mol. The average Bonchev–Trinajstić information content (AvgIpc) is 2.26. The summed E-state index contributed by atoms with van der Waals surface area (Å²) in [5, 5.41) is 8.73. The smallest absolute Gasteiger partial charge is 0.254 e. The van der Waals surface area contributed by atoms with Crippen molar-refractivity contribution in [3.63, 3.8) is 0 Å². The van der Waals surface area contributed by atoms with Gasteiger partial charge in [0.1, 0.15) is 5.82 Å². The number of H-pyrrole nitrogens is 1. The van der Waals surface area contributed by atoms with Crippen LogP contribution in [0.2, 0.25) is 0 Å². The lowest BCUT2D eigenvalue weighted by Crippen LogP contribution is -2.20. The molecule has 0 aliphatic carbocycles. The highest BCUT2D eigenvalue weighted by Crippen LogP contribution is 2.06. The van der Waals surface area contributed by atoms with Crippen LogP contribution < -0.4 is 5.56 Å². The zero-order valence-corrected chi connectivity index (χ0v) is 9.47. The molecule has 84 valence electrons. The number of aliphatic hydroxyl groups excluding tert-OH is 1. The lowest BCUT2D eigenvalue weighted by Gasteiger charge is -2.06. The molecule has 0 unspecified atom stereocenters. The second kappa shape index (κ2) is 5.88. The van der Waals surface area contributed by atoms with Crippen molar-refractivity contribution in [3.05, 3.63) is 27.4 Å². The van der Waals surface area contributed by atoms with E-state index in [1.807, 2.05) is 6.92 Å². The van der Waals surface area contributed by atoms with Crippen molar-refractivity contribution in [3.8, 4) is 0 Å². The molecule has 0 aromatic carbocycles. The van der Waals surface area contributed by atoms with Gasteiger partial charge in [0.05, 0.1) is 11.6 Å². The van der Waals surface area contributed by atoms with Crippen molar-refractivity contribution in [2.24, 2.45) is 0 Å². The number of alkyl halides is 1. The van der Waals surface area contributed by atoms with Crippen LogP contribution in [-0.2, 0) is 18.7 Å². The van der Waals surface area contributed by atoms with Gasteiger partial charge in [0.2, 0.25) is 0 Å². The molecule has 0 spiro atoms. The first-order valence-corrected chi connectivity index (χ1v) is 5.54. The van der Waals surface area contributed by atoms with Crippen molar-refractivity contribution >= 4 is 11.6 Å². The molecule has 1 heterocycles. The minimum Gasteiger partial charge on any atom is -0.396 e. The number of aryl methyl sites for hydroxylation is 1. The quantitative estimate of drug-likeness (QED) is 0.742. The van der Waals surface area contributed by atoms with Crippen LogP contribution in [0.1, 0.15) is 30.4 Å². The molecule has 1 aromatic rings. The van der Waals surface area contributed by atoms with Gasteiger partial charge in [-0.05, 0) is 19.3 Å². The SMILES string of the molecule is CCc1nc(CCl)[nH]c(=O)c1CCCO. The average molecular weight is 231 g/mol. The maximum absolute atomic E-state index is 11.6. The molecule has 0 aliphatic rings. The molecular formula is C10H15ClN2O2. The van der Waals surface area contributed by atoms with Gasteiger partial charge < -0.3 is 10.1 Å². The molecule has 0 amide bonds. The van der Waals surface area contributed by atoms with E-state index < -0.39 is 0 Å². The molecule has 1 aromatic heterocycles. The number of nitrogens with one attached hydrogen (secondary N) is 1. The number of rotatable bonds is 5. The van der Waals surface area contributed by atoms with E-state index in [0.717, 1.165) is 5.69 Å². The highest BCUT2D eigenvalue weighted by molar-refractivity contribution is 6.16. The summed E-state index contributed by atoms with van der Waals surface area (Å²) in [6.45, 7) is 2.03. The van der Waals surface area contributed by atoms with E-state index in [4.69, 9.17) is 16.7 Å². The first-order chi connectivity index (χ1) is 7.22. The van der Waals surface area contributed by atoms with Gasteiger partial charge in [-0.3, -0.25) is 4.79 Å². The Bertz CT molecular complexity index is 376. The van der Waals surface area contributed by atoms with Gasteiger partial charge in [-0.2, -0.15) is 0 Å². The number of aromatic amines is 1. The third kappa shape index (κ3) is 3.04. The highest BCUT2D eigenvalue weighted by atomic mass is 35.5. The predicted molar refractivity (Wildman–Crippen MR) is 59.2 cm³/mol. The topological polar surface area (TPSA) is 66.0 Å². The molecule has 1 rings (SSSR count). The van der Waals surface area contributed by atoms with Crippen LogP contribution in [0.15, 0.2) is 4.79 Å². The van der Waals surface area contributed by atoms with Gasteiger partial charge in [0.15, 0.2) is 0 Å². The Balaban J connectivity index is 3.07. The summed E-state index contributed by atoms with van der Waals surface area (Å²) < 4.78 is 0. The molecule has 0 saturated carbocycles. The Morgan fingerprint density at radius 1 is 1.53 bits per heavy atom. The summed E-state index contributed by atoms with van der Waals surface area (Å²) in [4.78, 5) is 18.5. The molecule has 4 nitrogen and oxygen atoms in total. The Kier molecular flexibility index (Phi) is 4.78. The summed E-state index contributed by atoms with van der Waals surface area (Å²) in [6.07, 6.45) is 1.84. The number of hydrogen-bond acceptors (Lipinski definition) is 3. The van der Waals surface area contributed by atoms with Crippen LogP contribution in [0.25, 0.3) is 0 Å². The summed E-state index contributed by atoms with van der Waals surface area (Å²) in [5.74, 6) is 0.717. The summed E-state index contributed by atoms with van der Waals surface area (Å²) in [5.41, 5.74) is 1.31. The molecule has 0 atom stereocenters. The van der Waals surface area contributed by atoms with Crippen LogP contribution >= 0.6 is 11.6 Å². The Labute approximate surface area is 93.3 Å². The van der Waals surface area contributed by atoms with Gasteiger partial charge in [-0.25, -0.2) is 4.98 Å². The second-order valence-corrected chi connectivity index (χ2v) is 3.52. The van der Waals surface area contributed by atoms with E-state index >= 15 is 0 Å². The lowest BCUT2D eigenvalue weighted by molar-refractivity contribution is 0.288. The third-order valence-corrected chi connectivity index (χ3v) is 2.45. The number of nitrogens with zero attached hydrogens (tertiary/aromatic N) is 1. The van der Waals surface area contributed by atoms with Crippen LogP contribution in [0.4, 0.5) is 0 Å². The predicted octanol–water partition coefficient (Wildman–Crippen LogP) is 0.996. The van der Waals surface area contributed by atoms with Crippen molar-refractivity contribution in [2.45, 2.75) is 32.1 Å². The number of aromatic nitrogens is 2. The molecule has 2 N–H and O–H groups in total. The molecule has 0 bridgehead atoms. The van der Waals surface area contributed by atoms with E-state index in [0.29, 0.717) is 30.7 Å². The molecular weight excluding hydrogens is 216 g/mol. The zero-order valence-electron chi connectivity index (χ0n) is 8.72. The van der Waals surface area contributed by atoms with Crippen molar-refractivity contribution < 1.29 is 5.11 Å². The maximum atomic E-state index is 11.6. The van der Waals surface area contributed by atoms with Gasteiger partial charge in [-0.15, -0.1) is 11.6 Å². The van der Waals surface area contributed by atoms with Gasteiger partial charge in [0, 0.05) is 12.2 Å². The van der Waals surface area contributed by atoms with Crippen LogP contribution in [0.5, 0.6) is 0 Å². The number of hydrogen-bond donors (Lipinski definition) is 2. The van der Waals surface area contributed by atoms with Gasteiger partial charge >= 0.3 is 0 Å². The largest absolute Gasteiger partial charge is 0.396 e. The van der Waals surface area contributed by atoms with E-state index in [9.17, 15) is 4.79 Å². The fraction of sp³-hybridized carbons (Fsp3) is 0.600. The Hall–Kier alpha value is -0.870. The van der Waals surface area contributed by atoms with Crippen molar-refractivity contribution in [1.82, 2.24) is 9.97 Å². The van der Waals surface area contributed by atoms with E-state index in [-0.39, 0.29) is 18.0 Å². The summed E-state index contributed by atoms with van der Waals surface area (Å²) >= 11 is 5.61. The van der Waals surface area contributed by atoms with Crippen LogP contribution in [0.3, 0.4) is 0 Å². The van der Waals surface area contributed by atoms with E-state index in [1.165, 1.54) is 0 Å². The fourth-order valence-corrected chi connectivity index (χ4v) is 1.59. The van der Waals surface area contributed by atoms with E-state index in [1.54, 1.807) is 0 Å². The minimum absolute atomic E-state index is 0.0832. The minimum atomic E-state index is -0.133. The third-order valence-electron chi connectivity index (χ3n) is 2.20. The number of halogens is 1. The Morgan fingerprint density at radius 2 is 2.27 bits per heavy atom. The standard InChI is InChI=1S/C10H15ClN2O2/c1-2-8-7(4-3-5-14)10(15)13-9(6-11)12-8/h14H,2-6H2,1H3,(H,12,13,15). The van der Waals surface area contributed by atoms with Crippen LogP contribution in [-0.4, -0.2) is 21.7 Å². The molecule has 0 saturated heterocycles. The second-order valence-electron chi connectivity index (χ2n) is 3.25. The lowest BCUT2D eigenvalue weighted by atomic mass is 10.1. The fourth-order valence-electron chi connectivity index (χ4n) is 1.47. The Morgan fingerprint density at radius 3 is 2.80 bits per heavy atom. The van der Waals surface area contributed by atoms with Crippen molar-refractivity contribution in [2.75, 3.05) is 6.61 Å². The van der Waals surface area contributed by atoms with E-state index in [2.05, 4.69) is 9.97 Å². The molecule has 0 radical (unpaired) electrons. The summed E-state index contributed by atoms with van der Waals surface area (Å²) in [6, 6.07) is 0. The van der Waals surface area contributed by atoms with Crippen molar-refractivity contribution in [1.29, 1.82) is 0 Å². The first-order valence-electron chi connectivity index (χ1n) is 5.00. The maximum Gasteiger partial charge on any atom is 0.254 e. The van der Waals surface area contributed by atoms with Gasteiger partial charge in [-0.1, -0.05) is 6.92 Å². The summed E-state index contributed by atoms with van der Waals surface area (Å²) in [7, 11) is 0. The normalized spacial score (nSPS) is 10.6. The number of aliphatic hydroxyl groups is 1. The van der Waals surface area contributed by atoms with Crippen LogP contribution in [0, 0.1) is 0 Å².